The Morgan fingerprint density at radius 3 is 2.62 bits per heavy atom. The lowest BCUT2D eigenvalue weighted by molar-refractivity contribution is 0.386. The van der Waals surface area contributed by atoms with E-state index >= 15 is 0 Å². The molecule has 4 heteroatoms. The van der Waals surface area contributed by atoms with Gasteiger partial charge in [0.15, 0.2) is 0 Å². The highest BCUT2D eigenvalue weighted by Crippen LogP contribution is 2.29. The zero-order chi connectivity index (χ0) is 12.0. The third-order valence-electron chi connectivity index (χ3n) is 2.50. The summed E-state index contributed by atoms with van der Waals surface area (Å²) in [5, 5.41) is 3.31. The molecule has 1 unspecified atom stereocenters. The Morgan fingerprint density at radius 2 is 2.06 bits per heavy atom. The monoisotopic (exact) mass is 224 g/mol. The van der Waals surface area contributed by atoms with Crippen molar-refractivity contribution in [3.8, 4) is 11.5 Å². The summed E-state index contributed by atoms with van der Waals surface area (Å²) >= 11 is 0. The topological polar surface area (TPSA) is 56.5 Å². The largest absolute Gasteiger partial charge is 0.497 e. The second-order valence-electron chi connectivity index (χ2n) is 3.57. The van der Waals surface area contributed by atoms with Crippen molar-refractivity contribution in [3.63, 3.8) is 0 Å². The first-order chi connectivity index (χ1) is 7.72. The fourth-order valence-electron chi connectivity index (χ4n) is 1.59. The fraction of sp³-hybridized carbons (Fsp3) is 0.500. The Balaban J connectivity index is 2.85. The van der Waals surface area contributed by atoms with Crippen molar-refractivity contribution in [2.24, 2.45) is 5.73 Å². The molecule has 0 aliphatic rings. The molecule has 90 valence electrons. The molecular weight excluding hydrogens is 204 g/mol. The highest BCUT2D eigenvalue weighted by Gasteiger charge is 2.11. The van der Waals surface area contributed by atoms with E-state index in [2.05, 4.69) is 12.2 Å². The quantitative estimate of drug-likeness (QED) is 0.765. The van der Waals surface area contributed by atoms with Crippen LogP contribution in [0.2, 0.25) is 0 Å². The molecule has 0 saturated heterocycles. The molecule has 1 rings (SSSR count). The van der Waals surface area contributed by atoms with Crippen LogP contribution in [0.25, 0.3) is 0 Å². The van der Waals surface area contributed by atoms with Crippen LogP contribution in [0.4, 0.5) is 0 Å². The van der Waals surface area contributed by atoms with Crippen molar-refractivity contribution >= 4 is 0 Å². The Labute approximate surface area is 96.7 Å². The van der Waals surface area contributed by atoms with E-state index in [0.29, 0.717) is 6.54 Å². The van der Waals surface area contributed by atoms with E-state index in [0.717, 1.165) is 23.6 Å². The Morgan fingerprint density at radius 1 is 1.31 bits per heavy atom. The zero-order valence-electron chi connectivity index (χ0n) is 10.1. The zero-order valence-corrected chi connectivity index (χ0v) is 10.1. The molecule has 4 nitrogen and oxygen atoms in total. The first kappa shape index (κ1) is 12.8. The van der Waals surface area contributed by atoms with E-state index in [1.54, 1.807) is 14.2 Å². The van der Waals surface area contributed by atoms with Crippen LogP contribution in [-0.2, 0) is 0 Å². The summed E-state index contributed by atoms with van der Waals surface area (Å²) in [6.45, 7) is 3.50. The van der Waals surface area contributed by atoms with Gasteiger partial charge in [-0.25, -0.2) is 0 Å². The van der Waals surface area contributed by atoms with Gasteiger partial charge in [0.1, 0.15) is 11.5 Å². The van der Waals surface area contributed by atoms with Crippen LogP contribution in [0, 0.1) is 0 Å². The molecule has 0 amide bonds. The molecule has 0 aromatic heterocycles. The molecule has 0 spiro atoms. The highest BCUT2D eigenvalue weighted by atomic mass is 16.5. The molecule has 0 heterocycles. The average molecular weight is 224 g/mol. The number of hydrogen-bond donors (Lipinski definition) is 2. The minimum absolute atomic E-state index is 0.212. The van der Waals surface area contributed by atoms with Crippen molar-refractivity contribution in [2.45, 2.75) is 13.0 Å². The van der Waals surface area contributed by atoms with Crippen molar-refractivity contribution in [3.05, 3.63) is 23.8 Å². The van der Waals surface area contributed by atoms with Crippen LogP contribution >= 0.6 is 0 Å². The molecule has 0 saturated carbocycles. The molecule has 1 aromatic carbocycles. The summed E-state index contributed by atoms with van der Waals surface area (Å²) in [7, 11) is 3.30. The van der Waals surface area contributed by atoms with E-state index in [-0.39, 0.29) is 6.04 Å². The van der Waals surface area contributed by atoms with Crippen LogP contribution in [0.5, 0.6) is 11.5 Å². The lowest BCUT2D eigenvalue weighted by atomic mass is 10.1. The first-order valence-electron chi connectivity index (χ1n) is 5.38. The van der Waals surface area contributed by atoms with E-state index in [1.807, 2.05) is 18.2 Å². The summed E-state index contributed by atoms with van der Waals surface area (Å²) < 4.78 is 10.5. The molecule has 0 radical (unpaired) electrons. The summed E-state index contributed by atoms with van der Waals surface area (Å²) in [4.78, 5) is 0. The van der Waals surface area contributed by atoms with Gasteiger partial charge in [0.25, 0.3) is 0 Å². The molecule has 0 fully saturated rings. The Kier molecular flexibility index (Phi) is 5.08. The highest BCUT2D eigenvalue weighted by molar-refractivity contribution is 5.42. The second kappa shape index (κ2) is 6.35. The Hall–Kier alpha value is -1.26. The normalized spacial score (nSPS) is 12.2. The maximum atomic E-state index is 5.46. The molecule has 0 aliphatic carbocycles. The van der Waals surface area contributed by atoms with Crippen LogP contribution in [0.1, 0.15) is 18.5 Å². The minimum Gasteiger partial charge on any atom is -0.497 e. The smallest absolute Gasteiger partial charge is 0.127 e. The summed E-state index contributed by atoms with van der Waals surface area (Å²) in [6.07, 6.45) is 0. The van der Waals surface area contributed by atoms with E-state index < -0.39 is 0 Å². The van der Waals surface area contributed by atoms with Crippen LogP contribution < -0.4 is 20.5 Å². The predicted molar refractivity (Wildman–Crippen MR) is 65.0 cm³/mol. The van der Waals surface area contributed by atoms with Crippen molar-refractivity contribution in [1.29, 1.82) is 0 Å². The van der Waals surface area contributed by atoms with Gasteiger partial charge in [-0.15, -0.1) is 0 Å². The first-order valence-corrected chi connectivity index (χ1v) is 5.38. The summed E-state index contributed by atoms with van der Waals surface area (Å²) in [5.41, 5.74) is 6.57. The molecule has 1 atom stereocenters. The molecule has 1 aromatic rings. The van der Waals surface area contributed by atoms with E-state index in [9.17, 15) is 0 Å². The molecule has 16 heavy (non-hydrogen) atoms. The van der Waals surface area contributed by atoms with E-state index in [1.165, 1.54) is 0 Å². The summed E-state index contributed by atoms with van der Waals surface area (Å²) in [5.74, 6) is 1.63. The average Bonchev–Trinajstić information content (AvgIpc) is 2.34. The van der Waals surface area contributed by atoms with Gasteiger partial charge < -0.3 is 20.5 Å². The van der Waals surface area contributed by atoms with Crippen molar-refractivity contribution in [1.82, 2.24) is 5.32 Å². The predicted octanol–water partition coefficient (Wildman–Crippen LogP) is 1.31. The number of ether oxygens (including phenoxy) is 2. The fourth-order valence-corrected chi connectivity index (χ4v) is 1.59. The van der Waals surface area contributed by atoms with Crippen LogP contribution in [-0.4, -0.2) is 27.3 Å². The number of nitrogens with one attached hydrogen (secondary N) is 1. The van der Waals surface area contributed by atoms with Gasteiger partial charge in [0.05, 0.1) is 14.2 Å². The number of hydrogen-bond acceptors (Lipinski definition) is 4. The van der Waals surface area contributed by atoms with Crippen molar-refractivity contribution < 1.29 is 9.47 Å². The third-order valence-corrected chi connectivity index (χ3v) is 2.50. The van der Waals surface area contributed by atoms with Gasteiger partial charge in [0.2, 0.25) is 0 Å². The van der Waals surface area contributed by atoms with Gasteiger partial charge in [-0.2, -0.15) is 0 Å². The number of benzene rings is 1. The SMILES string of the molecule is COc1ccc(C(C)NCCN)c(OC)c1. The van der Waals surface area contributed by atoms with Gasteiger partial charge in [-0.1, -0.05) is 6.07 Å². The van der Waals surface area contributed by atoms with Gasteiger partial charge >= 0.3 is 0 Å². The standard InChI is InChI=1S/C12H20N2O2/c1-9(14-7-6-13)11-5-4-10(15-2)8-12(11)16-3/h4-5,8-9,14H,6-7,13H2,1-3H3. The molecule has 0 bridgehead atoms. The summed E-state index contributed by atoms with van der Waals surface area (Å²) in [6, 6.07) is 6.03. The second-order valence-corrected chi connectivity index (χ2v) is 3.57. The lowest BCUT2D eigenvalue weighted by Gasteiger charge is -2.17. The molecule has 3 N–H and O–H groups in total. The lowest BCUT2D eigenvalue weighted by Crippen LogP contribution is -2.25. The van der Waals surface area contributed by atoms with Crippen LogP contribution in [0.15, 0.2) is 18.2 Å². The Bertz CT molecular complexity index is 329. The minimum atomic E-state index is 0.212. The van der Waals surface area contributed by atoms with Gasteiger partial charge in [-0.05, 0) is 13.0 Å². The maximum Gasteiger partial charge on any atom is 0.127 e. The van der Waals surface area contributed by atoms with Gasteiger partial charge in [0, 0.05) is 30.8 Å². The number of nitrogens with two attached hydrogens (primary N) is 1. The number of methoxy groups -OCH3 is 2. The maximum absolute atomic E-state index is 5.46. The van der Waals surface area contributed by atoms with E-state index in [4.69, 9.17) is 15.2 Å². The molecule has 0 aliphatic heterocycles. The third kappa shape index (κ3) is 3.12. The molecular formula is C12H20N2O2. The van der Waals surface area contributed by atoms with Gasteiger partial charge in [-0.3, -0.25) is 0 Å². The van der Waals surface area contributed by atoms with Crippen molar-refractivity contribution in [2.75, 3.05) is 27.3 Å². The number of rotatable bonds is 6. The van der Waals surface area contributed by atoms with Crippen LogP contribution in [0.3, 0.4) is 0 Å².